The lowest BCUT2D eigenvalue weighted by molar-refractivity contribution is -0.0152. The Balaban J connectivity index is 1.84. The van der Waals surface area contributed by atoms with Gasteiger partial charge in [-0.05, 0) is 31.6 Å². The second-order valence-corrected chi connectivity index (χ2v) is 5.83. The second-order valence-electron chi connectivity index (χ2n) is 5.83. The van der Waals surface area contributed by atoms with Gasteiger partial charge in [0.1, 0.15) is 12.2 Å². The third-order valence-electron chi connectivity index (χ3n) is 3.46. The highest BCUT2D eigenvalue weighted by Gasteiger charge is 2.20. The van der Waals surface area contributed by atoms with Gasteiger partial charge in [0.25, 0.3) is 0 Å². The van der Waals surface area contributed by atoms with Gasteiger partial charge in [-0.2, -0.15) is 5.10 Å². The van der Waals surface area contributed by atoms with Crippen LogP contribution in [0.3, 0.4) is 0 Å². The quantitative estimate of drug-likeness (QED) is 0.853. The van der Waals surface area contributed by atoms with Gasteiger partial charge in [-0.1, -0.05) is 13.8 Å². The Morgan fingerprint density at radius 1 is 1.47 bits per heavy atom. The smallest absolute Gasteiger partial charge is 0.138 e. The maximum Gasteiger partial charge on any atom is 0.138 e. The van der Waals surface area contributed by atoms with E-state index in [1.54, 1.807) is 6.33 Å². The Morgan fingerprint density at radius 2 is 2.32 bits per heavy atom. The van der Waals surface area contributed by atoms with E-state index in [1.807, 2.05) is 4.68 Å². The molecule has 5 nitrogen and oxygen atoms in total. The first-order valence-corrected chi connectivity index (χ1v) is 7.31. The molecule has 2 rings (SSSR count). The maximum absolute atomic E-state index is 10.2. The number of nitrogens with zero attached hydrogens (tertiary/aromatic N) is 3. The number of aliphatic hydroxyl groups is 1. The van der Waals surface area contributed by atoms with Crippen LogP contribution < -0.4 is 0 Å². The Kier molecular flexibility index (Phi) is 5.34. The second kappa shape index (κ2) is 7.01. The van der Waals surface area contributed by atoms with Crippen molar-refractivity contribution in [3.63, 3.8) is 0 Å². The molecule has 1 aromatic heterocycles. The highest BCUT2D eigenvalue weighted by Crippen LogP contribution is 2.18. The standard InChI is InChI=1S/C14H25N3O2/c1-11(2)9-17-14(15-10-16-17)8-12(18)7-13-5-3-4-6-19-13/h10-13,18H,3-9H2,1-2H3. The molecule has 108 valence electrons. The van der Waals surface area contributed by atoms with E-state index in [0.717, 1.165) is 31.8 Å². The van der Waals surface area contributed by atoms with Crippen LogP contribution in [0.15, 0.2) is 6.33 Å². The van der Waals surface area contributed by atoms with Crippen LogP contribution in [0.1, 0.15) is 45.4 Å². The van der Waals surface area contributed by atoms with Gasteiger partial charge in [0.15, 0.2) is 0 Å². The lowest BCUT2D eigenvalue weighted by atomic mass is 10.0. The van der Waals surface area contributed by atoms with Crippen LogP contribution in [0.5, 0.6) is 0 Å². The first-order chi connectivity index (χ1) is 9.15. The normalized spacial score (nSPS) is 21.8. The number of rotatable bonds is 6. The van der Waals surface area contributed by atoms with Crippen LogP contribution >= 0.6 is 0 Å². The Morgan fingerprint density at radius 3 is 3.00 bits per heavy atom. The third-order valence-corrected chi connectivity index (χ3v) is 3.46. The summed E-state index contributed by atoms with van der Waals surface area (Å²) in [6.07, 6.45) is 6.08. The van der Waals surface area contributed by atoms with Crippen molar-refractivity contribution in [3.8, 4) is 0 Å². The van der Waals surface area contributed by atoms with E-state index in [0.29, 0.717) is 18.8 Å². The molecule has 0 amide bonds. The van der Waals surface area contributed by atoms with Crippen LogP contribution in [0.4, 0.5) is 0 Å². The summed E-state index contributed by atoms with van der Waals surface area (Å²) >= 11 is 0. The summed E-state index contributed by atoms with van der Waals surface area (Å²) in [5.41, 5.74) is 0. The van der Waals surface area contributed by atoms with Gasteiger partial charge in [0.2, 0.25) is 0 Å². The fraction of sp³-hybridized carbons (Fsp3) is 0.857. The summed E-state index contributed by atoms with van der Waals surface area (Å²) in [6.45, 7) is 5.98. The van der Waals surface area contributed by atoms with E-state index in [-0.39, 0.29) is 6.10 Å². The largest absolute Gasteiger partial charge is 0.393 e. The highest BCUT2D eigenvalue weighted by atomic mass is 16.5. The van der Waals surface area contributed by atoms with Gasteiger partial charge in [0.05, 0.1) is 12.2 Å². The van der Waals surface area contributed by atoms with Crippen molar-refractivity contribution in [2.24, 2.45) is 5.92 Å². The van der Waals surface area contributed by atoms with E-state index in [4.69, 9.17) is 4.74 Å². The lowest BCUT2D eigenvalue weighted by Gasteiger charge is -2.24. The molecule has 1 saturated heterocycles. The average Bonchev–Trinajstić information content (AvgIpc) is 2.77. The van der Waals surface area contributed by atoms with Gasteiger partial charge < -0.3 is 9.84 Å². The molecule has 2 unspecified atom stereocenters. The fourth-order valence-corrected chi connectivity index (χ4v) is 2.54. The number of aliphatic hydroxyl groups excluding tert-OH is 1. The van der Waals surface area contributed by atoms with Gasteiger partial charge in [-0.25, -0.2) is 9.67 Å². The molecule has 1 fully saturated rings. The monoisotopic (exact) mass is 267 g/mol. The topological polar surface area (TPSA) is 60.2 Å². The molecule has 0 aromatic carbocycles. The molecule has 5 heteroatoms. The fourth-order valence-electron chi connectivity index (χ4n) is 2.54. The zero-order valence-corrected chi connectivity index (χ0v) is 12.0. The predicted octanol–water partition coefficient (Wildman–Crippen LogP) is 1.80. The zero-order chi connectivity index (χ0) is 13.7. The molecular formula is C14H25N3O2. The van der Waals surface area contributed by atoms with Crippen molar-refractivity contribution < 1.29 is 9.84 Å². The number of hydrogen-bond donors (Lipinski definition) is 1. The molecular weight excluding hydrogens is 242 g/mol. The van der Waals surface area contributed by atoms with Crippen molar-refractivity contribution in [1.29, 1.82) is 0 Å². The van der Waals surface area contributed by atoms with E-state index >= 15 is 0 Å². The molecule has 0 saturated carbocycles. The molecule has 1 aliphatic rings. The molecule has 2 heterocycles. The summed E-state index contributed by atoms with van der Waals surface area (Å²) in [5.74, 6) is 1.40. The molecule has 19 heavy (non-hydrogen) atoms. The molecule has 0 spiro atoms. The molecule has 1 aromatic rings. The minimum Gasteiger partial charge on any atom is -0.393 e. The van der Waals surface area contributed by atoms with E-state index < -0.39 is 6.10 Å². The summed E-state index contributed by atoms with van der Waals surface area (Å²) in [5, 5.41) is 14.4. The Bertz CT molecular complexity index is 373. The van der Waals surface area contributed by atoms with Crippen LogP contribution in [0.25, 0.3) is 0 Å². The van der Waals surface area contributed by atoms with E-state index in [9.17, 15) is 5.11 Å². The van der Waals surface area contributed by atoms with Gasteiger partial charge in [-0.15, -0.1) is 0 Å². The van der Waals surface area contributed by atoms with Gasteiger partial charge in [0, 0.05) is 19.6 Å². The highest BCUT2D eigenvalue weighted by molar-refractivity contribution is 4.88. The zero-order valence-electron chi connectivity index (χ0n) is 12.0. The van der Waals surface area contributed by atoms with Gasteiger partial charge in [-0.3, -0.25) is 0 Å². The van der Waals surface area contributed by atoms with Crippen molar-refractivity contribution in [1.82, 2.24) is 14.8 Å². The minimum absolute atomic E-state index is 0.213. The van der Waals surface area contributed by atoms with Crippen molar-refractivity contribution in [3.05, 3.63) is 12.2 Å². The number of aromatic nitrogens is 3. The molecule has 0 bridgehead atoms. The third kappa shape index (κ3) is 4.58. The lowest BCUT2D eigenvalue weighted by Crippen LogP contribution is -2.26. The van der Waals surface area contributed by atoms with E-state index in [1.165, 1.54) is 6.42 Å². The summed E-state index contributed by atoms with van der Waals surface area (Å²) < 4.78 is 7.56. The minimum atomic E-state index is -0.391. The van der Waals surface area contributed by atoms with Crippen LogP contribution in [-0.2, 0) is 17.7 Å². The Labute approximate surface area is 115 Å². The number of hydrogen-bond acceptors (Lipinski definition) is 4. The van der Waals surface area contributed by atoms with Crippen LogP contribution in [0, 0.1) is 5.92 Å². The molecule has 1 N–H and O–H groups in total. The first kappa shape index (κ1) is 14.5. The average molecular weight is 267 g/mol. The first-order valence-electron chi connectivity index (χ1n) is 7.31. The molecule has 0 aliphatic carbocycles. The van der Waals surface area contributed by atoms with Crippen molar-refractivity contribution >= 4 is 0 Å². The van der Waals surface area contributed by atoms with Crippen LogP contribution in [-0.4, -0.2) is 38.7 Å². The van der Waals surface area contributed by atoms with Crippen molar-refractivity contribution in [2.45, 2.75) is 64.7 Å². The summed E-state index contributed by atoms with van der Waals surface area (Å²) in [4.78, 5) is 4.25. The van der Waals surface area contributed by atoms with Crippen molar-refractivity contribution in [2.75, 3.05) is 6.61 Å². The van der Waals surface area contributed by atoms with Gasteiger partial charge >= 0.3 is 0 Å². The summed E-state index contributed by atoms with van der Waals surface area (Å²) in [6, 6.07) is 0. The Hall–Kier alpha value is -0.940. The molecule has 2 atom stereocenters. The maximum atomic E-state index is 10.2. The van der Waals surface area contributed by atoms with E-state index in [2.05, 4.69) is 23.9 Å². The number of ether oxygens (including phenoxy) is 1. The van der Waals surface area contributed by atoms with Crippen LogP contribution in [0.2, 0.25) is 0 Å². The molecule has 0 radical (unpaired) electrons. The molecule has 1 aliphatic heterocycles. The summed E-state index contributed by atoms with van der Waals surface area (Å²) in [7, 11) is 0. The SMILES string of the molecule is CC(C)Cn1ncnc1CC(O)CC1CCCCO1. The predicted molar refractivity (Wildman–Crippen MR) is 72.8 cm³/mol.